The van der Waals surface area contributed by atoms with E-state index in [-0.39, 0.29) is 5.75 Å². The first-order chi connectivity index (χ1) is 15.5. The third-order valence-corrected chi connectivity index (χ3v) is 9.98. The molecule has 3 aromatic rings. The number of fused-ring (bicyclic) bond motifs is 1. The molecule has 0 saturated carbocycles. The highest BCUT2D eigenvalue weighted by atomic mass is 32.2. The first-order valence-electron chi connectivity index (χ1n) is 11.9. The minimum atomic E-state index is -3.08. The average Bonchev–Trinajstić information content (AvgIpc) is 3.46. The van der Waals surface area contributed by atoms with E-state index in [0.717, 1.165) is 24.9 Å². The summed E-state index contributed by atoms with van der Waals surface area (Å²) in [5.74, 6) is 0.591. The Morgan fingerprint density at radius 3 is 2.56 bits per heavy atom. The summed E-state index contributed by atoms with van der Waals surface area (Å²) in [6.07, 6.45) is 7.93. The fourth-order valence-electron chi connectivity index (χ4n) is 5.24. The maximum Gasteiger partial charge on any atom is 0.213 e. The molecule has 2 aliphatic heterocycles. The topological polar surface area (TPSA) is 56.4 Å². The third-order valence-electron chi connectivity index (χ3n) is 7.18. The van der Waals surface area contributed by atoms with Gasteiger partial charge < -0.3 is 4.98 Å². The van der Waals surface area contributed by atoms with Crippen LogP contribution in [0.5, 0.6) is 0 Å². The number of nitrogens with zero attached hydrogens (tertiary/aromatic N) is 2. The molecule has 2 aromatic heterocycles. The fourth-order valence-corrected chi connectivity index (χ4v) is 7.31. The van der Waals surface area contributed by atoms with E-state index < -0.39 is 10.0 Å². The van der Waals surface area contributed by atoms with Crippen molar-refractivity contribution in [2.24, 2.45) is 0 Å². The molecule has 1 N–H and O–H groups in total. The van der Waals surface area contributed by atoms with Crippen molar-refractivity contribution >= 4 is 32.3 Å². The summed E-state index contributed by atoms with van der Waals surface area (Å²) >= 11 is 1.87. The molecule has 172 valence electrons. The number of benzene rings is 1. The zero-order valence-corrected chi connectivity index (χ0v) is 20.5. The number of hydrogen-bond donors (Lipinski definition) is 1. The number of H-pyrrole nitrogens is 1. The van der Waals surface area contributed by atoms with Crippen LogP contribution in [0.3, 0.4) is 0 Å². The number of nitrogens with one attached hydrogen (secondary N) is 1. The Morgan fingerprint density at radius 1 is 1.03 bits per heavy atom. The zero-order chi connectivity index (χ0) is 22.1. The first-order valence-corrected chi connectivity index (χ1v) is 14.4. The van der Waals surface area contributed by atoms with Gasteiger partial charge in [0, 0.05) is 41.6 Å². The van der Waals surface area contributed by atoms with Gasteiger partial charge in [0.05, 0.1) is 5.75 Å². The lowest BCUT2D eigenvalue weighted by atomic mass is 9.89. The molecule has 2 aliphatic rings. The van der Waals surface area contributed by atoms with E-state index in [4.69, 9.17) is 0 Å². The molecule has 1 aromatic carbocycles. The molecule has 5 rings (SSSR count). The van der Waals surface area contributed by atoms with Gasteiger partial charge in [-0.3, -0.25) is 4.90 Å². The van der Waals surface area contributed by atoms with Gasteiger partial charge in [0.15, 0.2) is 0 Å². The predicted octanol–water partition coefficient (Wildman–Crippen LogP) is 5.41. The second-order valence-electron chi connectivity index (χ2n) is 9.22. The van der Waals surface area contributed by atoms with Crippen LogP contribution in [0.4, 0.5) is 0 Å². The van der Waals surface area contributed by atoms with Crippen LogP contribution in [-0.2, 0) is 16.6 Å². The molecule has 5 nitrogen and oxygen atoms in total. The van der Waals surface area contributed by atoms with Crippen LogP contribution in [0, 0.1) is 0 Å². The molecule has 0 radical (unpaired) electrons. The molecule has 2 fully saturated rings. The summed E-state index contributed by atoms with van der Waals surface area (Å²) in [6.45, 7) is 6.50. The number of aromatic nitrogens is 1. The Hall–Kier alpha value is -1.67. The standard InChI is InChI=1S/C25H33N3O2S2/c1-2-32(29,30)28-12-8-19(9-13-28)24-16-26-25-7-6-20(15-23(24)25)21-14-22(31-18-21)17-27-10-4-3-5-11-27/h6-7,14-16,18-19,26H,2-5,8-13,17H2,1H3. The number of piperidine rings is 2. The largest absolute Gasteiger partial charge is 0.361 e. The Bertz CT molecular complexity index is 1170. The molecule has 32 heavy (non-hydrogen) atoms. The van der Waals surface area contributed by atoms with Crippen LogP contribution >= 0.6 is 11.3 Å². The molecule has 7 heteroatoms. The van der Waals surface area contributed by atoms with Crippen LogP contribution in [-0.4, -0.2) is 54.5 Å². The maximum absolute atomic E-state index is 12.2. The van der Waals surface area contributed by atoms with Crippen molar-refractivity contribution in [1.29, 1.82) is 0 Å². The smallest absolute Gasteiger partial charge is 0.213 e. The van der Waals surface area contributed by atoms with E-state index in [9.17, 15) is 8.42 Å². The Labute approximate surface area is 195 Å². The van der Waals surface area contributed by atoms with Gasteiger partial charge in [0.1, 0.15) is 0 Å². The second-order valence-corrected chi connectivity index (χ2v) is 12.5. The summed E-state index contributed by atoms with van der Waals surface area (Å²) in [7, 11) is -3.08. The molecular weight excluding hydrogens is 438 g/mol. The molecule has 2 saturated heterocycles. The maximum atomic E-state index is 12.2. The SMILES string of the molecule is CCS(=O)(=O)N1CCC(c2c[nH]c3ccc(-c4csc(CN5CCCCC5)c4)cc23)CC1. The van der Waals surface area contributed by atoms with Crippen molar-refractivity contribution in [2.45, 2.75) is 51.5 Å². The minimum absolute atomic E-state index is 0.189. The second kappa shape index (κ2) is 9.29. The van der Waals surface area contributed by atoms with Gasteiger partial charge in [-0.15, -0.1) is 11.3 Å². The Kier molecular flexibility index (Phi) is 6.43. The van der Waals surface area contributed by atoms with Crippen LogP contribution in [0.15, 0.2) is 35.8 Å². The van der Waals surface area contributed by atoms with Crippen molar-refractivity contribution < 1.29 is 8.42 Å². The fraction of sp³-hybridized carbons (Fsp3) is 0.520. The van der Waals surface area contributed by atoms with Gasteiger partial charge in [-0.1, -0.05) is 12.5 Å². The van der Waals surface area contributed by atoms with Gasteiger partial charge in [0.25, 0.3) is 0 Å². The summed E-state index contributed by atoms with van der Waals surface area (Å²) in [5, 5.41) is 3.57. The lowest BCUT2D eigenvalue weighted by Gasteiger charge is -2.30. The molecule has 0 aliphatic carbocycles. The number of thiophene rings is 1. The van der Waals surface area contributed by atoms with Gasteiger partial charge in [0.2, 0.25) is 10.0 Å². The molecular formula is C25H33N3O2S2. The molecule has 0 amide bonds. The number of hydrogen-bond acceptors (Lipinski definition) is 4. The summed E-state index contributed by atoms with van der Waals surface area (Å²) in [4.78, 5) is 7.47. The Balaban J connectivity index is 1.33. The van der Waals surface area contributed by atoms with Gasteiger partial charge >= 0.3 is 0 Å². The number of sulfonamides is 1. The molecule has 0 atom stereocenters. The summed E-state index contributed by atoms with van der Waals surface area (Å²) < 4.78 is 26.1. The molecule has 4 heterocycles. The van der Waals surface area contributed by atoms with Crippen LogP contribution < -0.4 is 0 Å². The van der Waals surface area contributed by atoms with Crippen molar-refractivity contribution in [3.8, 4) is 11.1 Å². The quantitative estimate of drug-likeness (QED) is 0.523. The highest BCUT2D eigenvalue weighted by Gasteiger charge is 2.28. The Morgan fingerprint density at radius 2 is 1.81 bits per heavy atom. The molecule has 0 unspecified atom stereocenters. The molecule has 0 bridgehead atoms. The van der Waals surface area contributed by atoms with Crippen LogP contribution in [0.2, 0.25) is 0 Å². The van der Waals surface area contributed by atoms with E-state index in [2.05, 4.69) is 45.7 Å². The zero-order valence-electron chi connectivity index (χ0n) is 18.8. The van der Waals surface area contributed by atoms with E-state index in [0.29, 0.717) is 19.0 Å². The number of aromatic amines is 1. The van der Waals surface area contributed by atoms with Crippen LogP contribution in [0.1, 0.15) is 55.4 Å². The van der Waals surface area contributed by atoms with E-state index in [1.807, 2.05) is 11.3 Å². The van der Waals surface area contributed by atoms with Gasteiger partial charge in [-0.05, 0) is 91.9 Å². The third kappa shape index (κ3) is 4.53. The van der Waals surface area contributed by atoms with Crippen molar-refractivity contribution in [1.82, 2.24) is 14.2 Å². The average molecular weight is 472 g/mol. The van der Waals surface area contributed by atoms with Crippen molar-refractivity contribution in [3.05, 3.63) is 46.3 Å². The molecule has 0 spiro atoms. The highest BCUT2D eigenvalue weighted by Crippen LogP contribution is 2.36. The first kappa shape index (κ1) is 22.1. The number of likely N-dealkylation sites (tertiary alicyclic amines) is 1. The number of rotatable bonds is 6. The normalized spacial score (nSPS) is 19.7. The minimum Gasteiger partial charge on any atom is -0.361 e. The highest BCUT2D eigenvalue weighted by molar-refractivity contribution is 7.89. The van der Waals surface area contributed by atoms with Crippen molar-refractivity contribution in [2.75, 3.05) is 31.9 Å². The van der Waals surface area contributed by atoms with Gasteiger partial charge in [-0.25, -0.2) is 12.7 Å². The van der Waals surface area contributed by atoms with E-state index in [1.54, 1.807) is 11.2 Å². The predicted molar refractivity (Wildman–Crippen MR) is 134 cm³/mol. The van der Waals surface area contributed by atoms with E-state index >= 15 is 0 Å². The summed E-state index contributed by atoms with van der Waals surface area (Å²) in [5.41, 5.74) is 5.07. The summed E-state index contributed by atoms with van der Waals surface area (Å²) in [6, 6.07) is 9.09. The lowest BCUT2D eigenvalue weighted by molar-refractivity contribution is 0.222. The van der Waals surface area contributed by atoms with Crippen LogP contribution in [0.25, 0.3) is 22.0 Å². The van der Waals surface area contributed by atoms with Gasteiger partial charge in [-0.2, -0.15) is 0 Å². The lowest BCUT2D eigenvalue weighted by Crippen LogP contribution is -2.38. The monoisotopic (exact) mass is 471 g/mol. The van der Waals surface area contributed by atoms with E-state index in [1.165, 1.54) is 59.3 Å². The van der Waals surface area contributed by atoms with Crippen molar-refractivity contribution in [3.63, 3.8) is 0 Å².